The average molecular weight is 436 g/mol. The zero-order valence-corrected chi connectivity index (χ0v) is 17.9. The number of methoxy groups -OCH3 is 1. The summed E-state index contributed by atoms with van der Waals surface area (Å²) in [6.45, 7) is 3.60. The summed E-state index contributed by atoms with van der Waals surface area (Å²) in [5.41, 5.74) is -0.0308. The first-order valence-electron chi connectivity index (χ1n) is 10.5. The second kappa shape index (κ2) is 7.24. The molecule has 0 spiro atoms. The Hall–Kier alpha value is -3.58. The number of nitriles is 1. The van der Waals surface area contributed by atoms with Gasteiger partial charge in [-0.25, -0.2) is 9.37 Å². The molecule has 1 fully saturated rings. The quantitative estimate of drug-likeness (QED) is 0.479. The van der Waals surface area contributed by atoms with E-state index in [4.69, 9.17) is 9.26 Å². The monoisotopic (exact) mass is 436 g/mol. The molecule has 164 valence electrons. The van der Waals surface area contributed by atoms with Crippen molar-refractivity contribution in [3.63, 3.8) is 0 Å². The van der Waals surface area contributed by atoms with Crippen molar-refractivity contribution >= 4 is 16.6 Å². The minimum absolute atomic E-state index is 0.181. The molecule has 5 rings (SSSR count). The molecule has 3 aromatic heterocycles. The van der Waals surface area contributed by atoms with Gasteiger partial charge in [-0.3, -0.25) is 9.20 Å². The summed E-state index contributed by atoms with van der Waals surface area (Å²) in [6, 6.07) is 4.30. The summed E-state index contributed by atoms with van der Waals surface area (Å²) in [5.74, 6) is -0.134. The molecule has 0 radical (unpaired) electrons. The molecule has 0 unspecified atom stereocenters. The van der Waals surface area contributed by atoms with E-state index in [0.717, 1.165) is 25.7 Å². The molecule has 0 atom stereocenters. The van der Waals surface area contributed by atoms with Gasteiger partial charge in [-0.15, -0.1) is 0 Å². The van der Waals surface area contributed by atoms with Gasteiger partial charge in [0.05, 0.1) is 11.0 Å². The average Bonchev–Trinajstić information content (AvgIpc) is 3.52. The molecule has 0 saturated heterocycles. The van der Waals surface area contributed by atoms with Crippen molar-refractivity contribution in [1.82, 2.24) is 24.1 Å². The van der Waals surface area contributed by atoms with Gasteiger partial charge in [0, 0.05) is 13.2 Å². The lowest BCUT2D eigenvalue weighted by molar-refractivity contribution is -0.0342. The second-order valence-electron chi connectivity index (χ2n) is 8.31. The van der Waals surface area contributed by atoms with Crippen LogP contribution in [-0.2, 0) is 10.3 Å². The van der Waals surface area contributed by atoms with E-state index in [1.165, 1.54) is 23.0 Å². The van der Waals surface area contributed by atoms with Gasteiger partial charge in [-0.2, -0.15) is 10.2 Å². The summed E-state index contributed by atoms with van der Waals surface area (Å²) in [7, 11) is 1.63. The largest absolute Gasteiger partial charge is 0.368 e. The van der Waals surface area contributed by atoms with Crippen LogP contribution < -0.4 is 5.56 Å². The Morgan fingerprint density at radius 1 is 1.28 bits per heavy atom. The van der Waals surface area contributed by atoms with E-state index in [0.29, 0.717) is 11.4 Å². The van der Waals surface area contributed by atoms with Crippen molar-refractivity contribution in [2.24, 2.45) is 0 Å². The molecule has 0 bridgehead atoms. The Bertz CT molecular complexity index is 1450. The lowest BCUT2D eigenvalue weighted by Gasteiger charge is -2.21. The van der Waals surface area contributed by atoms with Crippen LogP contribution in [0.5, 0.6) is 0 Å². The SMILES string of the molecule is COC1(c2nc(-c3ncn4c3c(=O)n(C(C)C)c3c(C#N)c(F)ccc34)no2)CCCC1. The van der Waals surface area contributed by atoms with Crippen LogP contribution in [0.1, 0.15) is 57.0 Å². The van der Waals surface area contributed by atoms with Crippen LogP contribution in [0.3, 0.4) is 0 Å². The van der Waals surface area contributed by atoms with Gasteiger partial charge in [0.25, 0.3) is 11.4 Å². The van der Waals surface area contributed by atoms with Gasteiger partial charge in [-0.05, 0) is 51.7 Å². The molecule has 4 aromatic rings. The van der Waals surface area contributed by atoms with Crippen molar-refractivity contribution < 1.29 is 13.7 Å². The van der Waals surface area contributed by atoms with Gasteiger partial charge in [0.15, 0.2) is 0 Å². The summed E-state index contributed by atoms with van der Waals surface area (Å²) in [5, 5.41) is 13.6. The van der Waals surface area contributed by atoms with Crippen molar-refractivity contribution in [2.45, 2.75) is 51.2 Å². The third kappa shape index (κ3) is 2.71. The second-order valence-corrected chi connectivity index (χ2v) is 8.31. The van der Waals surface area contributed by atoms with Crippen molar-refractivity contribution in [2.75, 3.05) is 7.11 Å². The normalized spacial score (nSPS) is 15.8. The van der Waals surface area contributed by atoms with Gasteiger partial charge in [0.1, 0.15) is 40.6 Å². The van der Waals surface area contributed by atoms with Crippen molar-refractivity contribution in [3.05, 3.63) is 46.1 Å². The maximum Gasteiger partial charge on any atom is 0.278 e. The van der Waals surface area contributed by atoms with Gasteiger partial charge >= 0.3 is 0 Å². The van der Waals surface area contributed by atoms with Crippen molar-refractivity contribution in [3.8, 4) is 17.6 Å². The first-order chi connectivity index (χ1) is 15.4. The molecule has 1 saturated carbocycles. The molecule has 32 heavy (non-hydrogen) atoms. The minimum Gasteiger partial charge on any atom is -0.368 e. The predicted molar refractivity (Wildman–Crippen MR) is 112 cm³/mol. The number of nitrogens with zero attached hydrogens (tertiary/aromatic N) is 6. The Morgan fingerprint density at radius 2 is 2.03 bits per heavy atom. The lowest BCUT2D eigenvalue weighted by Crippen LogP contribution is -2.26. The highest BCUT2D eigenvalue weighted by molar-refractivity contribution is 5.87. The highest BCUT2D eigenvalue weighted by atomic mass is 19.1. The molecular weight excluding hydrogens is 415 g/mol. The Kier molecular flexibility index (Phi) is 4.60. The molecule has 0 amide bonds. The minimum atomic E-state index is -0.683. The molecular formula is C22H21FN6O3. The zero-order valence-electron chi connectivity index (χ0n) is 17.9. The fourth-order valence-corrected chi connectivity index (χ4v) is 4.66. The highest BCUT2D eigenvalue weighted by Gasteiger charge is 2.41. The van der Waals surface area contributed by atoms with Crippen LogP contribution in [0, 0.1) is 17.1 Å². The zero-order chi connectivity index (χ0) is 22.6. The molecule has 0 N–H and O–H groups in total. The number of aromatic nitrogens is 5. The third-order valence-electron chi connectivity index (χ3n) is 6.25. The summed E-state index contributed by atoms with van der Waals surface area (Å²) in [4.78, 5) is 22.5. The maximum atomic E-state index is 14.4. The molecule has 1 aliphatic rings. The fourth-order valence-electron chi connectivity index (χ4n) is 4.66. The number of hydrogen-bond donors (Lipinski definition) is 0. The molecule has 1 aliphatic carbocycles. The topological polar surface area (TPSA) is 111 Å². The van der Waals surface area contributed by atoms with E-state index in [1.54, 1.807) is 25.4 Å². The van der Waals surface area contributed by atoms with E-state index in [2.05, 4.69) is 15.1 Å². The number of fused-ring (bicyclic) bond motifs is 3. The van der Waals surface area contributed by atoms with Crippen molar-refractivity contribution in [1.29, 1.82) is 5.26 Å². The van der Waals surface area contributed by atoms with Crippen LogP contribution in [0.4, 0.5) is 4.39 Å². The van der Waals surface area contributed by atoms with E-state index < -0.39 is 17.0 Å². The molecule has 0 aliphatic heterocycles. The molecule has 10 heteroatoms. The Labute approximate surface area is 182 Å². The number of rotatable bonds is 4. The highest BCUT2D eigenvalue weighted by Crippen LogP contribution is 2.41. The van der Waals surface area contributed by atoms with Gasteiger partial charge in [-0.1, -0.05) is 5.16 Å². The van der Waals surface area contributed by atoms with Gasteiger partial charge in [0.2, 0.25) is 5.82 Å². The standard InChI is InChI=1S/C22H21FN6O3/c1-12(2)29-17-13(10-24)14(23)6-7-15(17)28-11-25-16(18(28)20(29)30)19-26-21(32-27-19)22(31-3)8-4-5-9-22/h6-7,11-12H,4-5,8-9H2,1-3H3. The van der Waals surface area contributed by atoms with Crippen LogP contribution in [-0.4, -0.2) is 31.2 Å². The summed E-state index contributed by atoms with van der Waals surface area (Å²) in [6.07, 6.45) is 5.02. The van der Waals surface area contributed by atoms with Crippen LogP contribution in [0.2, 0.25) is 0 Å². The van der Waals surface area contributed by atoms with E-state index in [1.807, 2.05) is 6.07 Å². The van der Waals surface area contributed by atoms with E-state index in [9.17, 15) is 14.4 Å². The molecule has 1 aromatic carbocycles. The number of benzene rings is 1. The first-order valence-corrected chi connectivity index (χ1v) is 10.5. The van der Waals surface area contributed by atoms with Crippen LogP contribution >= 0.6 is 0 Å². The maximum absolute atomic E-state index is 14.4. The number of imidazole rings is 1. The predicted octanol–water partition coefficient (Wildman–Crippen LogP) is 3.71. The van der Waals surface area contributed by atoms with Crippen LogP contribution in [0.25, 0.3) is 28.1 Å². The summed E-state index contributed by atoms with van der Waals surface area (Å²) < 4.78 is 28.6. The summed E-state index contributed by atoms with van der Waals surface area (Å²) >= 11 is 0. The van der Waals surface area contributed by atoms with Crippen LogP contribution in [0.15, 0.2) is 27.8 Å². The molecule has 3 heterocycles. The first kappa shape index (κ1) is 20.3. The molecule has 9 nitrogen and oxygen atoms in total. The third-order valence-corrected chi connectivity index (χ3v) is 6.25. The Balaban J connectivity index is 1.80. The Morgan fingerprint density at radius 3 is 2.69 bits per heavy atom. The smallest absolute Gasteiger partial charge is 0.278 e. The van der Waals surface area contributed by atoms with E-state index in [-0.39, 0.29) is 34.2 Å². The van der Waals surface area contributed by atoms with Gasteiger partial charge < -0.3 is 13.8 Å². The lowest BCUT2D eigenvalue weighted by atomic mass is 10.0. The number of ether oxygens (including phenoxy) is 1. The number of hydrogen-bond acceptors (Lipinski definition) is 7. The number of halogens is 1. The van der Waals surface area contributed by atoms with E-state index >= 15 is 0 Å². The fraction of sp³-hybridized carbons (Fsp3) is 0.409.